The lowest BCUT2D eigenvalue weighted by atomic mass is 9.97. The van der Waals surface area contributed by atoms with Gasteiger partial charge in [0.05, 0.1) is 13.2 Å². The van der Waals surface area contributed by atoms with Crippen LogP contribution in [0.4, 0.5) is 0 Å². The second-order valence-corrected chi connectivity index (χ2v) is 5.12. The number of benzene rings is 1. The van der Waals surface area contributed by atoms with E-state index in [1.54, 1.807) is 6.92 Å². The molecule has 0 saturated heterocycles. The van der Waals surface area contributed by atoms with Crippen molar-refractivity contribution in [2.45, 2.75) is 31.9 Å². The lowest BCUT2D eigenvalue weighted by molar-refractivity contribution is -0.0466. The van der Waals surface area contributed by atoms with E-state index in [1.807, 2.05) is 44.2 Å². The van der Waals surface area contributed by atoms with E-state index in [1.165, 1.54) is 0 Å². The molecular formula is C13H21NO2. The Labute approximate surface area is 97.2 Å². The van der Waals surface area contributed by atoms with Crippen LogP contribution < -0.4 is 5.73 Å². The van der Waals surface area contributed by atoms with Crippen LogP contribution in [0.2, 0.25) is 0 Å². The summed E-state index contributed by atoms with van der Waals surface area (Å²) in [6.07, 6.45) is 0. The Bertz CT molecular complexity index is 314. The van der Waals surface area contributed by atoms with Crippen LogP contribution in [0.25, 0.3) is 0 Å². The summed E-state index contributed by atoms with van der Waals surface area (Å²) < 4.78 is 5.44. The fourth-order valence-corrected chi connectivity index (χ4v) is 1.39. The first-order chi connectivity index (χ1) is 7.31. The molecule has 1 aromatic carbocycles. The standard InChI is InChI=1S/C13H21NO2/c1-12(2,14)9-16-10-13(3,15)11-7-5-4-6-8-11/h4-8,15H,9-10,14H2,1-3H3. The van der Waals surface area contributed by atoms with Crippen LogP contribution in [0.1, 0.15) is 26.3 Å². The van der Waals surface area contributed by atoms with Gasteiger partial charge in [-0.25, -0.2) is 0 Å². The topological polar surface area (TPSA) is 55.5 Å². The summed E-state index contributed by atoms with van der Waals surface area (Å²) in [5.74, 6) is 0. The van der Waals surface area contributed by atoms with E-state index >= 15 is 0 Å². The third-order valence-corrected chi connectivity index (χ3v) is 2.25. The van der Waals surface area contributed by atoms with Gasteiger partial charge in [-0.15, -0.1) is 0 Å². The molecule has 0 radical (unpaired) electrons. The van der Waals surface area contributed by atoms with Gasteiger partial charge in [0.15, 0.2) is 0 Å². The summed E-state index contributed by atoms with van der Waals surface area (Å²) in [5.41, 5.74) is 5.31. The SMILES string of the molecule is CC(C)(N)COCC(C)(O)c1ccccc1. The van der Waals surface area contributed by atoms with Gasteiger partial charge in [0.25, 0.3) is 0 Å². The van der Waals surface area contributed by atoms with E-state index in [-0.39, 0.29) is 12.1 Å². The van der Waals surface area contributed by atoms with Gasteiger partial charge < -0.3 is 15.6 Å². The monoisotopic (exact) mass is 223 g/mol. The smallest absolute Gasteiger partial charge is 0.110 e. The summed E-state index contributed by atoms with van der Waals surface area (Å²) in [5, 5.41) is 10.2. The molecule has 16 heavy (non-hydrogen) atoms. The molecule has 0 amide bonds. The van der Waals surface area contributed by atoms with E-state index in [2.05, 4.69) is 0 Å². The van der Waals surface area contributed by atoms with Gasteiger partial charge in [0.1, 0.15) is 5.60 Å². The maximum atomic E-state index is 10.2. The molecule has 1 aromatic rings. The highest BCUT2D eigenvalue weighted by molar-refractivity contribution is 5.21. The van der Waals surface area contributed by atoms with Crippen molar-refractivity contribution in [2.75, 3.05) is 13.2 Å². The molecule has 0 aliphatic rings. The van der Waals surface area contributed by atoms with Crippen molar-refractivity contribution in [3.63, 3.8) is 0 Å². The van der Waals surface area contributed by atoms with Crippen molar-refractivity contribution >= 4 is 0 Å². The fraction of sp³-hybridized carbons (Fsp3) is 0.538. The molecule has 3 nitrogen and oxygen atoms in total. The highest BCUT2D eigenvalue weighted by Crippen LogP contribution is 2.20. The lowest BCUT2D eigenvalue weighted by Gasteiger charge is -2.26. The Morgan fingerprint density at radius 3 is 2.19 bits per heavy atom. The molecule has 0 saturated carbocycles. The van der Waals surface area contributed by atoms with E-state index in [0.717, 1.165) is 5.56 Å². The molecular weight excluding hydrogens is 202 g/mol. The van der Waals surface area contributed by atoms with Gasteiger partial charge in [-0.3, -0.25) is 0 Å². The Hall–Kier alpha value is -0.900. The largest absolute Gasteiger partial charge is 0.383 e. The number of rotatable bonds is 5. The minimum Gasteiger partial charge on any atom is -0.383 e. The van der Waals surface area contributed by atoms with Crippen molar-refractivity contribution in [2.24, 2.45) is 5.73 Å². The maximum Gasteiger partial charge on any atom is 0.110 e. The summed E-state index contributed by atoms with van der Waals surface area (Å²) in [6.45, 7) is 6.20. The first-order valence-corrected chi connectivity index (χ1v) is 5.46. The molecule has 0 aromatic heterocycles. The number of hydrogen-bond acceptors (Lipinski definition) is 3. The van der Waals surface area contributed by atoms with Gasteiger partial charge in [-0.1, -0.05) is 30.3 Å². The quantitative estimate of drug-likeness (QED) is 0.798. The molecule has 0 aliphatic carbocycles. The van der Waals surface area contributed by atoms with E-state index < -0.39 is 5.60 Å². The van der Waals surface area contributed by atoms with Gasteiger partial charge in [0.2, 0.25) is 0 Å². The normalized spacial score (nSPS) is 15.8. The molecule has 3 N–H and O–H groups in total. The molecule has 1 rings (SSSR count). The van der Waals surface area contributed by atoms with Crippen molar-refractivity contribution < 1.29 is 9.84 Å². The average molecular weight is 223 g/mol. The van der Waals surface area contributed by atoms with Crippen LogP contribution in [0.5, 0.6) is 0 Å². The van der Waals surface area contributed by atoms with Gasteiger partial charge in [-0.05, 0) is 26.3 Å². The second-order valence-electron chi connectivity index (χ2n) is 5.12. The van der Waals surface area contributed by atoms with E-state index in [0.29, 0.717) is 6.61 Å². The zero-order valence-electron chi connectivity index (χ0n) is 10.2. The van der Waals surface area contributed by atoms with Crippen LogP contribution in [0.15, 0.2) is 30.3 Å². The third kappa shape index (κ3) is 4.31. The number of aliphatic hydroxyl groups is 1. The van der Waals surface area contributed by atoms with Gasteiger partial charge in [0, 0.05) is 5.54 Å². The van der Waals surface area contributed by atoms with Crippen LogP contribution in [0.3, 0.4) is 0 Å². The molecule has 3 heteroatoms. The molecule has 1 unspecified atom stereocenters. The van der Waals surface area contributed by atoms with Crippen LogP contribution >= 0.6 is 0 Å². The number of ether oxygens (including phenoxy) is 1. The molecule has 0 spiro atoms. The van der Waals surface area contributed by atoms with Crippen molar-refractivity contribution in [3.05, 3.63) is 35.9 Å². The summed E-state index contributed by atoms with van der Waals surface area (Å²) in [6, 6.07) is 9.49. The molecule has 0 aliphatic heterocycles. The molecule has 1 atom stereocenters. The predicted octanol–water partition coefficient (Wildman–Crippen LogP) is 1.65. The van der Waals surface area contributed by atoms with E-state index in [9.17, 15) is 5.11 Å². The van der Waals surface area contributed by atoms with Crippen LogP contribution in [0, 0.1) is 0 Å². The Balaban J connectivity index is 2.53. The van der Waals surface area contributed by atoms with Crippen molar-refractivity contribution in [1.82, 2.24) is 0 Å². The first-order valence-electron chi connectivity index (χ1n) is 5.46. The zero-order chi connectivity index (χ0) is 12.2. The van der Waals surface area contributed by atoms with Gasteiger partial charge in [-0.2, -0.15) is 0 Å². The maximum absolute atomic E-state index is 10.2. The second kappa shape index (κ2) is 4.95. The first kappa shape index (κ1) is 13.2. The summed E-state index contributed by atoms with van der Waals surface area (Å²) >= 11 is 0. The Kier molecular flexibility index (Phi) is 4.08. The number of hydrogen-bond donors (Lipinski definition) is 2. The average Bonchev–Trinajstić information content (AvgIpc) is 2.17. The van der Waals surface area contributed by atoms with E-state index in [4.69, 9.17) is 10.5 Å². The fourth-order valence-electron chi connectivity index (χ4n) is 1.39. The molecule has 90 valence electrons. The third-order valence-electron chi connectivity index (χ3n) is 2.25. The Morgan fingerprint density at radius 1 is 1.12 bits per heavy atom. The minimum atomic E-state index is -0.966. The zero-order valence-corrected chi connectivity index (χ0v) is 10.2. The van der Waals surface area contributed by atoms with Crippen molar-refractivity contribution in [1.29, 1.82) is 0 Å². The van der Waals surface area contributed by atoms with Crippen LogP contribution in [-0.4, -0.2) is 23.9 Å². The molecule has 0 bridgehead atoms. The lowest BCUT2D eigenvalue weighted by Crippen LogP contribution is -2.39. The summed E-state index contributed by atoms with van der Waals surface area (Å²) in [7, 11) is 0. The highest BCUT2D eigenvalue weighted by Gasteiger charge is 2.24. The van der Waals surface area contributed by atoms with Crippen LogP contribution in [-0.2, 0) is 10.3 Å². The van der Waals surface area contributed by atoms with Gasteiger partial charge >= 0.3 is 0 Å². The number of nitrogens with two attached hydrogens (primary N) is 1. The predicted molar refractivity (Wildman–Crippen MR) is 65.1 cm³/mol. The minimum absolute atomic E-state index is 0.248. The summed E-state index contributed by atoms with van der Waals surface area (Å²) in [4.78, 5) is 0. The molecule has 0 fully saturated rings. The molecule has 0 heterocycles. The Morgan fingerprint density at radius 2 is 1.69 bits per heavy atom. The van der Waals surface area contributed by atoms with Crippen molar-refractivity contribution in [3.8, 4) is 0 Å². The highest BCUT2D eigenvalue weighted by atomic mass is 16.5.